The lowest BCUT2D eigenvalue weighted by Crippen LogP contribution is -2.52. The lowest BCUT2D eigenvalue weighted by molar-refractivity contribution is -0.649. The molecule has 0 N–H and O–H groups in total. The maximum absolute atomic E-state index is 5.15. The van der Waals surface area contributed by atoms with Crippen LogP contribution in [0.4, 0.5) is 0 Å². The second-order valence-corrected chi connectivity index (χ2v) is 2.37. The van der Waals surface area contributed by atoms with Crippen molar-refractivity contribution in [1.29, 1.82) is 0 Å². The van der Waals surface area contributed by atoms with Gasteiger partial charge in [-0.1, -0.05) is 0 Å². The Bertz CT molecular complexity index is 169. The van der Waals surface area contributed by atoms with E-state index in [1.165, 1.54) is 42.7 Å². The first-order valence-corrected chi connectivity index (χ1v) is 4.25. The molecule has 8 nitrogen and oxygen atoms in total. The summed E-state index contributed by atoms with van der Waals surface area (Å²) in [4.78, 5) is 9.11. The first kappa shape index (κ1) is 15.7. The van der Waals surface area contributed by atoms with Crippen LogP contribution in [0.15, 0.2) is 0 Å². The molecule has 0 heterocycles. The fourth-order valence-electron chi connectivity index (χ4n) is 0.882. The first-order valence-electron chi connectivity index (χ1n) is 4.25. The summed E-state index contributed by atoms with van der Waals surface area (Å²) in [6.07, 6.45) is -3.82. The molecule has 0 aliphatic carbocycles. The first-order chi connectivity index (χ1) is 7.57. The van der Waals surface area contributed by atoms with E-state index in [0.29, 0.717) is 0 Å². The summed E-state index contributed by atoms with van der Waals surface area (Å²) in [6.45, 7) is 0. The minimum absolute atomic E-state index is 1.25. The normalized spacial score (nSPS) is 13.1. The highest BCUT2D eigenvalue weighted by atomic mass is 17.3. The SMILES string of the molecule is COOC(OC)(OC)OC(OC)(OC)OC. The van der Waals surface area contributed by atoms with Gasteiger partial charge in [0.05, 0.1) is 7.11 Å². The van der Waals surface area contributed by atoms with Gasteiger partial charge in [-0.05, 0) is 0 Å². The summed E-state index contributed by atoms with van der Waals surface area (Å²) in [5, 5.41) is 0. The average Bonchev–Trinajstić information content (AvgIpc) is 2.35. The van der Waals surface area contributed by atoms with E-state index in [1.54, 1.807) is 0 Å². The molecule has 0 fully saturated rings. The molecule has 0 saturated carbocycles. The largest absolute Gasteiger partial charge is 0.445 e. The summed E-state index contributed by atoms with van der Waals surface area (Å²) in [5.74, 6) is 0. The van der Waals surface area contributed by atoms with Gasteiger partial charge in [-0.2, -0.15) is 0 Å². The van der Waals surface area contributed by atoms with Crippen molar-refractivity contribution in [1.82, 2.24) is 0 Å². The molecule has 0 aliphatic heterocycles. The Hall–Kier alpha value is -0.320. The van der Waals surface area contributed by atoms with E-state index >= 15 is 0 Å². The van der Waals surface area contributed by atoms with Crippen LogP contribution in [0.2, 0.25) is 0 Å². The van der Waals surface area contributed by atoms with Crippen molar-refractivity contribution in [2.24, 2.45) is 0 Å². The molecule has 0 rings (SSSR count). The summed E-state index contributed by atoms with van der Waals surface area (Å²) >= 11 is 0. The zero-order chi connectivity index (χ0) is 12.7. The Kier molecular flexibility index (Phi) is 6.95. The van der Waals surface area contributed by atoms with Gasteiger partial charge in [0.1, 0.15) is 0 Å². The molecule has 0 aromatic heterocycles. The van der Waals surface area contributed by atoms with Crippen LogP contribution >= 0.6 is 0 Å². The highest BCUT2D eigenvalue weighted by Crippen LogP contribution is 2.26. The van der Waals surface area contributed by atoms with Crippen molar-refractivity contribution < 1.29 is 38.2 Å². The van der Waals surface area contributed by atoms with Crippen molar-refractivity contribution in [2.75, 3.05) is 42.7 Å². The number of ether oxygens (including phenoxy) is 6. The van der Waals surface area contributed by atoms with E-state index in [1.807, 2.05) is 0 Å². The minimum atomic E-state index is -1.98. The van der Waals surface area contributed by atoms with Gasteiger partial charge in [-0.3, -0.25) is 0 Å². The highest BCUT2D eigenvalue weighted by Gasteiger charge is 2.47. The molecular formula is C8H18O8. The van der Waals surface area contributed by atoms with Gasteiger partial charge in [0.2, 0.25) is 0 Å². The molecule has 16 heavy (non-hydrogen) atoms. The molecule has 0 aromatic rings. The van der Waals surface area contributed by atoms with Gasteiger partial charge >= 0.3 is 12.3 Å². The van der Waals surface area contributed by atoms with Crippen LogP contribution in [0.25, 0.3) is 0 Å². The molecule has 0 spiro atoms. The maximum Gasteiger partial charge on any atom is 0.445 e. The number of hydrogen-bond donors (Lipinski definition) is 0. The van der Waals surface area contributed by atoms with Crippen molar-refractivity contribution in [2.45, 2.75) is 12.3 Å². The Morgan fingerprint density at radius 2 is 0.938 bits per heavy atom. The molecule has 0 atom stereocenters. The van der Waals surface area contributed by atoms with Crippen molar-refractivity contribution >= 4 is 0 Å². The predicted molar refractivity (Wildman–Crippen MR) is 49.7 cm³/mol. The smallest absolute Gasteiger partial charge is 0.306 e. The fraction of sp³-hybridized carbons (Fsp3) is 1.00. The number of methoxy groups -OCH3 is 5. The van der Waals surface area contributed by atoms with Crippen LogP contribution in [0.1, 0.15) is 0 Å². The summed E-state index contributed by atoms with van der Waals surface area (Å²) in [5.41, 5.74) is 0. The molecule has 0 radical (unpaired) electrons. The third-order valence-electron chi connectivity index (χ3n) is 1.69. The standard InChI is InChI=1S/C8H18O8/c1-9-7(10-2,11-3)15-8(12-4,13-5)16-14-6/h1-6H3. The monoisotopic (exact) mass is 242 g/mol. The van der Waals surface area contributed by atoms with E-state index in [2.05, 4.69) is 9.78 Å². The Labute approximate surface area is 94.1 Å². The molecule has 0 saturated heterocycles. The van der Waals surface area contributed by atoms with E-state index < -0.39 is 12.3 Å². The van der Waals surface area contributed by atoms with E-state index in [9.17, 15) is 0 Å². The molecule has 0 unspecified atom stereocenters. The molecular weight excluding hydrogens is 224 g/mol. The molecule has 0 bridgehead atoms. The predicted octanol–water partition coefficient (Wildman–Crippen LogP) is 0.0356. The Morgan fingerprint density at radius 1 is 0.562 bits per heavy atom. The lowest BCUT2D eigenvalue weighted by Gasteiger charge is -2.35. The summed E-state index contributed by atoms with van der Waals surface area (Å²) in [6, 6.07) is 0. The zero-order valence-electron chi connectivity index (χ0n) is 10.3. The second-order valence-electron chi connectivity index (χ2n) is 2.37. The number of rotatable bonds is 9. The van der Waals surface area contributed by atoms with Gasteiger partial charge in [-0.25, -0.2) is 9.62 Å². The molecule has 8 heteroatoms. The van der Waals surface area contributed by atoms with Gasteiger partial charge in [-0.15, -0.1) is 4.89 Å². The minimum Gasteiger partial charge on any atom is -0.306 e. The molecule has 0 aliphatic rings. The van der Waals surface area contributed by atoms with Crippen molar-refractivity contribution in [3.8, 4) is 0 Å². The Balaban J connectivity index is 4.81. The van der Waals surface area contributed by atoms with Crippen molar-refractivity contribution in [3.63, 3.8) is 0 Å². The van der Waals surface area contributed by atoms with Gasteiger partial charge < -0.3 is 23.7 Å². The lowest BCUT2D eigenvalue weighted by atomic mass is 10.9. The van der Waals surface area contributed by atoms with Crippen molar-refractivity contribution in [3.05, 3.63) is 0 Å². The van der Waals surface area contributed by atoms with Gasteiger partial charge in [0.25, 0.3) is 0 Å². The van der Waals surface area contributed by atoms with Gasteiger partial charge in [0, 0.05) is 35.5 Å². The van der Waals surface area contributed by atoms with Crippen LogP contribution in [-0.4, -0.2) is 55.0 Å². The average molecular weight is 242 g/mol. The quantitative estimate of drug-likeness (QED) is 0.318. The number of hydrogen-bond acceptors (Lipinski definition) is 8. The van der Waals surface area contributed by atoms with Crippen LogP contribution in [0.3, 0.4) is 0 Å². The fourth-order valence-corrected chi connectivity index (χ4v) is 0.882. The third kappa shape index (κ3) is 3.61. The van der Waals surface area contributed by atoms with E-state index in [4.69, 9.17) is 28.4 Å². The van der Waals surface area contributed by atoms with Crippen LogP contribution < -0.4 is 0 Å². The molecule has 98 valence electrons. The van der Waals surface area contributed by atoms with E-state index in [0.717, 1.165) is 0 Å². The third-order valence-corrected chi connectivity index (χ3v) is 1.69. The second kappa shape index (κ2) is 7.09. The maximum atomic E-state index is 5.15. The van der Waals surface area contributed by atoms with Gasteiger partial charge in [0.15, 0.2) is 0 Å². The summed E-state index contributed by atoms with van der Waals surface area (Å²) in [7, 11) is 7.70. The summed E-state index contributed by atoms with van der Waals surface area (Å²) < 4.78 is 29.5. The Morgan fingerprint density at radius 3 is 1.19 bits per heavy atom. The highest BCUT2D eigenvalue weighted by molar-refractivity contribution is 4.42. The molecule has 0 aromatic carbocycles. The topological polar surface area (TPSA) is 73.8 Å². The zero-order valence-corrected chi connectivity index (χ0v) is 10.3. The van der Waals surface area contributed by atoms with E-state index in [-0.39, 0.29) is 0 Å². The van der Waals surface area contributed by atoms with Crippen LogP contribution in [0, 0.1) is 0 Å². The molecule has 0 amide bonds. The van der Waals surface area contributed by atoms with Crippen LogP contribution in [-0.2, 0) is 38.2 Å². The van der Waals surface area contributed by atoms with Crippen LogP contribution in [0.5, 0.6) is 0 Å².